The maximum atomic E-state index is 5.59. The van der Waals surface area contributed by atoms with Crippen molar-refractivity contribution in [1.82, 2.24) is 14.7 Å². The number of para-hydroxylation sites is 1. The van der Waals surface area contributed by atoms with Gasteiger partial charge in [0, 0.05) is 11.8 Å². The maximum absolute atomic E-state index is 5.59. The van der Waals surface area contributed by atoms with Crippen molar-refractivity contribution < 1.29 is 4.84 Å². The fraction of sp³-hybridized carbons (Fsp3) is 0.167. The molecule has 0 saturated heterocycles. The van der Waals surface area contributed by atoms with Crippen molar-refractivity contribution in [3.05, 3.63) is 36.3 Å². The first kappa shape index (κ1) is 8.10. The van der Waals surface area contributed by atoms with E-state index in [4.69, 9.17) is 4.84 Å². The zero-order chi connectivity index (χ0) is 10.5. The molecular formula is C12H9N3O. The van der Waals surface area contributed by atoms with E-state index in [0.29, 0.717) is 0 Å². The molecule has 3 aromatic rings. The molecule has 16 heavy (non-hydrogen) atoms. The fourth-order valence-electron chi connectivity index (χ4n) is 2.25. The van der Waals surface area contributed by atoms with Crippen LogP contribution in [-0.4, -0.2) is 21.3 Å². The van der Waals surface area contributed by atoms with Gasteiger partial charge in [-0.3, -0.25) is 4.98 Å². The molecule has 4 nitrogen and oxygen atoms in total. The first-order chi connectivity index (χ1) is 7.93. The van der Waals surface area contributed by atoms with Gasteiger partial charge in [0.15, 0.2) is 0 Å². The van der Waals surface area contributed by atoms with Gasteiger partial charge < -0.3 is 4.84 Å². The Morgan fingerprint density at radius 3 is 3.12 bits per heavy atom. The molecule has 0 bridgehead atoms. The van der Waals surface area contributed by atoms with E-state index >= 15 is 0 Å². The average Bonchev–Trinajstić information content (AvgIpc) is 2.88. The molecule has 2 aromatic heterocycles. The molecule has 0 spiro atoms. The largest absolute Gasteiger partial charge is 0.412 e. The second-order valence-electron chi connectivity index (χ2n) is 3.91. The Morgan fingerprint density at radius 1 is 1.19 bits per heavy atom. The lowest BCUT2D eigenvalue weighted by Gasteiger charge is -2.02. The van der Waals surface area contributed by atoms with Crippen LogP contribution in [0.1, 0.15) is 5.82 Å². The van der Waals surface area contributed by atoms with Gasteiger partial charge in [-0.1, -0.05) is 18.2 Å². The van der Waals surface area contributed by atoms with Crippen LogP contribution >= 0.6 is 0 Å². The summed E-state index contributed by atoms with van der Waals surface area (Å²) in [4.78, 5) is 14.5. The van der Waals surface area contributed by atoms with Crippen LogP contribution in [0.25, 0.3) is 21.9 Å². The Hall–Kier alpha value is -2.10. The highest BCUT2D eigenvalue weighted by Crippen LogP contribution is 2.25. The summed E-state index contributed by atoms with van der Waals surface area (Å²) in [6.45, 7) is 0.717. The summed E-state index contributed by atoms with van der Waals surface area (Å²) >= 11 is 0. The van der Waals surface area contributed by atoms with Gasteiger partial charge in [-0.15, -0.1) is 0 Å². The summed E-state index contributed by atoms with van der Waals surface area (Å²) in [6, 6.07) is 8.06. The van der Waals surface area contributed by atoms with Gasteiger partial charge >= 0.3 is 0 Å². The molecule has 1 aromatic carbocycles. The van der Waals surface area contributed by atoms with E-state index in [9.17, 15) is 0 Å². The summed E-state index contributed by atoms with van der Waals surface area (Å²) in [7, 11) is 0. The predicted molar refractivity (Wildman–Crippen MR) is 60.2 cm³/mol. The molecule has 3 heterocycles. The van der Waals surface area contributed by atoms with E-state index in [2.05, 4.69) is 16.0 Å². The van der Waals surface area contributed by atoms with Gasteiger partial charge in [0.1, 0.15) is 23.5 Å². The van der Waals surface area contributed by atoms with Crippen LogP contribution in [0.5, 0.6) is 0 Å². The highest BCUT2D eigenvalue weighted by Gasteiger charge is 2.19. The number of fused-ring (bicyclic) bond motifs is 5. The lowest BCUT2D eigenvalue weighted by molar-refractivity contribution is 0.160. The van der Waals surface area contributed by atoms with E-state index in [1.807, 2.05) is 29.1 Å². The monoisotopic (exact) mass is 211 g/mol. The van der Waals surface area contributed by atoms with Crippen LogP contribution in [0.2, 0.25) is 0 Å². The minimum absolute atomic E-state index is 0.717. The predicted octanol–water partition coefficient (Wildman–Crippen LogP) is 1.57. The van der Waals surface area contributed by atoms with E-state index in [-0.39, 0.29) is 0 Å². The summed E-state index contributed by atoms with van der Waals surface area (Å²) in [6.07, 6.45) is 2.69. The van der Waals surface area contributed by atoms with E-state index < -0.39 is 0 Å². The molecule has 0 amide bonds. The van der Waals surface area contributed by atoms with Gasteiger partial charge in [-0.25, -0.2) is 4.98 Å². The van der Waals surface area contributed by atoms with Crippen molar-refractivity contribution in [1.29, 1.82) is 0 Å². The van der Waals surface area contributed by atoms with Crippen LogP contribution in [0.15, 0.2) is 30.5 Å². The Balaban J connectivity index is 2.27. The van der Waals surface area contributed by atoms with Crippen LogP contribution in [0.4, 0.5) is 0 Å². The lowest BCUT2D eigenvalue weighted by atomic mass is 10.2. The molecule has 1 aliphatic heterocycles. The number of hydrogen-bond donors (Lipinski definition) is 0. The van der Waals surface area contributed by atoms with Crippen molar-refractivity contribution >= 4 is 21.9 Å². The molecule has 0 atom stereocenters. The number of aromatic nitrogens is 3. The number of pyridine rings is 1. The number of rotatable bonds is 0. The zero-order valence-corrected chi connectivity index (χ0v) is 8.55. The molecule has 0 unspecified atom stereocenters. The molecule has 0 aliphatic carbocycles. The van der Waals surface area contributed by atoms with E-state index in [0.717, 1.165) is 40.8 Å². The van der Waals surface area contributed by atoms with Gasteiger partial charge in [0.05, 0.1) is 11.7 Å². The Labute approximate surface area is 91.4 Å². The lowest BCUT2D eigenvalue weighted by Crippen LogP contribution is -2.04. The van der Waals surface area contributed by atoms with Gasteiger partial charge in [-0.2, -0.15) is 4.73 Å². The molecule has 4 rings (SSSR count). The van der Waals surface area contributed by atoms with Crippen LogP contribution < -0.4 is 4.84 Å². The third-order valence-corrected chi connectivity index (χ3v) is 2.96. The van der Waals surface area contributed by atoms with Crippen molar-refractivity contribution in [2.45, 2.75) is 6.42 Å². The van der Waals surface area contributed by atoms with Crippen molar-refractivity contribution in [3.8, 4) is 0 Å². The van der Waals surface area contributed by atoms with Crippen LogP contribution in [0.3, 0.4) is 0 Å². The Kier molecular flexibility index (Phi) is 1.38. The SMILES string of the molecule is c1ccc2c(c1)ncc1nc3n(c12)OCC3. The topological polar surface area (TPSA) is 39.9 Å². The minimum atomic E-state index is 0.717. The molecule has 0 saturated carbocycles. The Morgan fingerprint density at radius 2 is 2.12 bits per heavy atom. The number of benzene rings is 1. The number of hydrogen-bond acceptors (Lipinski definition) is 3. The highest BCUT2D eigenvalue weighted by atomic mass is 16.7. The maximum Gasteiger partial charge on any atom is 0.149 e. The molecule has 4 heteroatoms. The number of nitrogens with zero attached hydrogens (tertiary/aromatic N) is 3. The molecule has 0 radical (unpaired) electrons. The van der Waals surface area contributed by atoms with Gasteiger partial charge in [0.25, 0.3) is 0 Å². The molecular weight excluding hydrogens is 202 g/mol. The molecule has 1 aliphatic rings. The third-order valence-electron chi connectivity index (χ3n) is 2.96. The van der Waals surface area contributed by atoms with Gasteiger partial charge in [-0.05, 0) is 6.07 Å². The quantitative estimate of drug-likeness (QED) is 0.566. The molecule has 0 fully saturated rings. The van der Waals surface area contributed by atoms with Crippen molar-refractivity contribution in [2.24, 2.45) is 0 Å². The summed E-state index contributed by atoms with van der Waals surface area (Å²) in [5.74, 6) is 0.994. The molecule has 0 N–H and O–H groups in total. The van der Waals surface area contributed by atoms with Crippen molar-refractivity contribution in [2.75, 3.05) is 6.61 Å². The second-order valence-corrected chi connectivity index (χ2v) is 3.91. The van der Waals surface area contributed by atoms with Crippen LogP contribution in [-0.2, 0) is 6.42 Å². The first-order valence-electron chi connectivity index (χ1n) is 5.32. The third kappa shape index (κ3) is 0.888. The van der Waals surface area contributed by atoms with E-state index in [1.165, 1.54) is 0 Å². The van der Waals surface area contributed by atoms with Crippen molar-refractivity contribution in [3.63, 3.8) is 0 Å². The van der Waals surface area contributed by atoms with Crippen LogP contribution in [0, 0.1) is 0 Å². The number of imidazole rings is 1. The van der Waals surface area contributed by atoms with Gasteiger partial charge in [0.2, 0.25) is 0 Å². The second kappa shape index (κ2) is 2.72. The highest BCUT2D eigenvalue weighted by molar-refractivity contribution is 6.02. The zero-order valence-electron chi connectivity index (χ0n) is 8.55. The average molecular weight is 211 g/mol. The summed E-state index contributed by atoms with van der Waals surface area (Å²) in [5, 5.41) is 1.10. The van der Waals surface area contributed by atoms with E-state index in [1.54, 1.807) is 0 Å². The molecule has 78 valence electrons. The fourth-order valence-corrected chi connectivity index (χ4v) is 2.25. The summed E-state index contributed by atoms with van der Waals surface area (Å²) < 4.78 is 1.85. The minimum Gasteiger partial charge on any atom is -0.412 e. The first-order valence-corrected chi connectivity index (χ1v) is 5.32. The Bertz CT molecular complexity index is 702. The standard InChI is InChI=1S/C12H9N3O/c1-2-4-9-8(3-1)12-10(7-13-9)14-11-5-6-16-15(11)12/h1-4,7H,5-6H2. The normalized spacial score (nSPS) is 14.2. The smallest absolute Gasteiger partial charge is 0.149 e. The summed E-state index contributed by atoms with van der Waals surface area (Å²) in [5.41, 5.74) is 2.93.